The Hall–Kier alpha value is -1.22. The van der Waals surface area contributed by atoms with Gasteiger partial charge < -0.3 is 53.9 Å². The number of carbonyl (C=O) groups excluding carboxylic acids is 2. The molecule has 0 bridgehead atoms. The Labute approximate surface area is 420 Å². The maximum absolute atomic E-state index is 13.3. The lowest BCUT2D eigenvalue weighted by atomic mass is 9.85. The van der Waals surface area contributed by atoms with Gasteiger partial charge >= 0.3 is 43.2 Å². The second-order valence-corrected chi connectivity index (χ2v) is 22.9. The van der Waals surface area contributed by atoms with Crippen LogP contribution in [0, 0.1) is 0 Å². The molecule has 1 rings (SSSR count). The molecule has 0 aromatic rings. The number of hydrogen-bond acceptors (Lipinski definition) is 15. The lowest BCUT2D eigenvalue weighted by molar-refractivity contribution is -0.209. The van der Waals surface area contributed by atoms with Gasteiger partial charge in [-0.1, -0.05) is 141 Å². The molecule has 1 aliphatic carbocycles. The van der Waals surface area contributed by atoms with Gasteiger partial charge in [-0.3, -0.25) is 32.2 Å². The highest BCUT2D eigenvalue weighted by Gasteiger charge is 2.59. The molecule has 1 saturated carbocycles. The molecule has 1 aliphatic rings. The van der Waals surface area contributed by atoms with Crippen LogP contribution in [0.3, 0.4) is 0 Å². The second-order valence-electron chi connectivity index (χ2n) is 18.0. The number of ether oxygens (including phenoxy) is 2. The summed E-state index contributed by atoms with van der Waals surface area (Å²) in [5.41, 5.74) is 0. The zero-order valence-corrected chi connectivity index (χ0v) is 45.3. The predicted molar refractivity (Wildman–Crippen MR) is 263 cm³/mol. The first-order chi connectivity index (χ1) is 33.5. The third-order valence-electron chi connectivity index (χ3n) is 11.5. The standard InChI is InChI=1S/C45H86O22P4/c1-3-5-7-9-11-13-15-17-19-21-23-25-27-29-31-33-38(46)61-35-37(63-39(47)34-32-30-28-26-24-22-20-18-16-14-12-10-8-6-4-2)36-62-71(59,60)67-42-40(48)43(64-68(50,51)52)45(66-70(56,57)58)44(41(42)49)65-69(53,54)55/h17-20,37,40-45,48-49H,3-16,21-36H2,1-2H3,(H,59,60)(H2,50,51,52)(H2,53,54,55)(H2,56,57,58)/b19-17-,20-18-/t37-,40?,41?,42?,43+,44?,45?/m1/s1. The first kappa shape index (κ1) is 67.8. The summed E-state index contributed by atoms with van der Waals surface area (Å²) in [6.45, 7) is 2.74. The molecule has 0 radical (unpaired) electrons. The Morgan fingerprint density at radius 1 is 0.437 bits per heavy atom. The van der Waals surface area contributed by atoms with Crippen LogP contribution in [0.15, 0.2) is 24.3 Å². The Morgan fingerprint density at radius 3 is 1.15 bits per heavy atom. The average molecular weight is 1100 g/mol. The summed E-state index contributed by atoms with van der Waals surface area (Å²) in [5.74, 6) is -1.42. The molecule has 26 heteroatoms. The summed E-state index contributed by atoms with van der Waals surface area (Å²) >= 11 is 0. The van der Waals surface area contributed by atoms with Gasteiger partial charge in [-0.25, -0.2) is 18.3 Å². The molecule has 0 heterocycles. The second kappa shape index (κ2) is 38.3. The molecule has 9 N–H and O–H groups in total. The highest BCUT2D eigenvalue weighted by molar-refractivity contribution is 7.47. The van der Waals surface area contributed by atoms with E-state index in [4.69, 9.17) is 18.5 Å². The number of phosphoric acid groups is 4. The molecular formula is C45H86O22P4. The molecule has 6 unspecified atom stereocenters. The maximum Gasteiger partial charge on any atom is 0.472 e. The summed E-state index contributed by atoms with van der Waals surface area (Å²) in [6.07, 6.45) is 18.1. The number of allylic oxidation sites excluding steroid dienone is 4. The van der Waals surface area contributed by atoms with Gasteiger partial charge in [-0.15, -0.1) is 0 Å². The number of rotatable bonds is 44. The highest BCUT2D eigenvalue weighted by Crippen LogP contribution is 2.53. The fourth-order valence-electron chi connectivity index (χ4n) is 7.78. The minimum absolute atomic E-state index is 0.0239. The van der Waals surface area contributed by atoms with Crippen LogP contribution in [-0.4, -0.2) is 112 Å². The van der Waals surface area contributed by atoms with E-state index in [2.05, 4.69) is 51.7 Å². The molecule has 418 valence electrons. The van der Waals surface area contributed by atoms with Crippen LogP contribution in [0.1, 0.15) is 194 Å². The summed E-state index contributed by atoms with van der Waals surface area (Å²) in [5, 5.41) is 21.9. The smallest absolute Gasteiger partial charge is 0.462 e. The van der Waals surface area contributed by atoms with Gasteiger partial charge in [0.15, 0.2) is 6.10 Å². The lowest BCUT2D eigenvalue weighted by Gasteiger charge is -2.45. The van der Waals surface area contributed by atoms with E-state index in [-0.39, 0.29) is 12.8 Å². The Morgan fingerprint density at radius 2 is 0.775 bits per heavy atom. The third-order valence-corrected chi connectivity index (χ3v) is 14.0. The summed E-state index contributed by atoms with van der Waals surface area (Å²) in [6, 6.07) is 0. The van der Waals surface area contributed by atoms with Gasteiger partial charge in [0.25, 0.3) is 0 Å². The van der Waals surface area contributed by atoms with Gasteiger partial charge in [-0.05, 0) is 64.2 Å². The molecule has 8 atom stereocenters. The van der Waals surface area contributed by atoms with Crippen LogP contribution >= 0.6 is 31.3 Å². The zero-order valence-electron chi connectivity index (χ0n) is 41.7. The topological polar surface area (TPSA) is 349 Å². The van der Waals surface area contributed by atoms with E-state index >= 15 is 0 Å². The van der Waals surface area contributed by atoms with Crippen molar-refractivity contribution in [2.75, 3.05) is 13.2 Å². The zero-order chi connectivity index (χ0) is 53.2. The Bertz CT molecular complexity index is 1650. The predicted octanol–water partition coefficient (Wildman–Crippen LogP) is 9.19. The van der Waals surface area contributed by atoms with Crippen molar-refractivity contribution in [2.45, 2.75) is 236 Å². The van der Waals surface area contributed by atoms with Gasteiger partial charge in [0, 0.05) is 12.8 Å². The number of carbonyl (C=O) groups is 2. The van der Waals surface area contributed by atoms with E-state index in [9.17, 15) is 72.3 Å². The van der Waals surface area contributed by atoms with Gasteiger partial charge in [0.05, 0.1) is 6.61 Å². The monoisotopic (exact) mass is 1100 g/mol. The van der Waals surface area contributed by atoms with Crippen molar-refractivity contribution in [3.05, 3.63) is 24.3 Å². The van der Waals surface area contributed by atoms with Crippen LogP contribution in [-0.2, 0) is 59.9 Å². The molecule has 71 heavy (non-hydrogen) atoms. The molecule has 1 fully saturated rings. The van der Waals surface area contributed by atoms with Crippen LogP contribution in [0.5, 0.6) is 0 Å². The summed E-state index contributed by atoms with van der Waals surface area (Å²) in [7, 11) is -23.0. The van der Waals surface area contributed by atoms with Crippen molar-refractivity contribution in [2.24, 2.45) is 0 Å². The molecule has 0 spiro atoms. The van der Waals surface area contributed by atoms with E-state index in [1.807, 2.05) is 0 Å². The molecule has 0 aliphatic heterocycles. The van der Waals surface area contributed by atoms with Crippen LogP contribution in [0.2, 0.25) is 0 Å². The van der Waals surface area contributed by atoms with Crippen molar-refractivity contribution in [3.63, 3.8) is 0 Å². The molecular weight excluding hydrogens is 1020 g/mol. The Kier molecular flexibility index (Phi) is 36.6. The number of hydrogen-bond donors (Lipinski definition) is 9. The Balaban J connectivity index is 2.89. The van der Waals surface area contributed by atoms with Crippen molar-refractivity contribution in [1.29, 1.82) is 0 Å². The van der Waals surface area contributed by atoms with Gasteiger partial charge in [0.1, 0.15) is 43.2 Å². The largest absolute Gasteiger partial charge is 0.472 e. The van der Waals surface area contributed by atoms with Gasteiger partial charge in [0.2, 0.25) is 0 Å². The molecule has 22 nitrogen and oxygen atoms in total. The highest BCUT2D eigenvalue weighted by atomic mass is 31.2. The van der Waals surface area contributed by atoms with Crippen molar-refractivity contribution in [1.82, 2.24) is 0 Å². The lowest BCUT2D eigenvalue weighted by Crippen LogP contribution is -2.65. The number of aliphatic hydroxyl groups excluding tert-OH is 2. The fraction of sp³-hybridized carbons (Fsp3) is 0.867. The van der Waals surface area contributed by atoms with Crippen LogP contribution in [0.25, 0.3) is 0 Å². The van der Waals surface area contributed by atoms with E-state index in [0.717, 1.165) is 70.6 Å². The third kappa shape index (κ3) is 36.4. The minimum atomic E-state index is -5.79. The first-order valence-corrected chi connectivity index (χ1v) is 31.5. The maximum atomic E-state index is 13.3. The minimum Gasteiger partial charge on any atom is -0.462 e. The summed E-state index contributed by atoms with van der Waals surface area (Å²) in [4.78, 5) is 92.9. The van der Waals surface area contributed by atoms with E-state index < -0.39 is 99.2 Å². The first-order valence-electron chi connectivity index (χ1n) is 25.4. The number of unbranched alkanes of at least 4 members (excludes halogenated alkanes) is 22. The van der Waals surface area contributed by atoms with Crippen LogP contribution in [0.4, 0.5) is 0 Å². The fourth-order valence-corrected chi connectivity index (χ4v) is 10.4. The molecule has 0 aromatic carbocycles. The molecule has 0 amide bonds. The molecule has 0 aromatic heterocycles. The normalized spacial score (nSPS) is 21.5. The quantitative estimate of drug-likeness (QED) is 0.0119. The van der Waals surface area contributed by atoms with E-state index in [1.165, 1.54) is 77.0 Å². The summed E-state index contributed by atoms with van der Waals surface area (Å²) < 4.78 is 82.2. The number of aliphatic hydroxyl groups is 2. The van der Waals surface area contributed by atoms with E-state index in [1.54, 1.807) is 0 Å². The van der Waals surface area contributed by atoms with Crippen molar-refractivity contribution >= 4 is 43.2 Å². The SMILES string of the molecule is CCCCCCCC/C=C\CCCCCCCC(=O)OC[C@H](COP(=O)(O)OC1C(O)C(OP(=O)(O)O)C(OP(=O)(O)O)[C@@H](OP(=O)(O)O)C1O)OC(=O)CCCCCCC/C=C\CCCCCCCC. The molecule has 0 saturated heterocycles. The van der Waals surface area contributed by atoms with E-state index in [0.29, 0.717) is 19.3 Å². The van der Waals surface area contributed by atoms with Crippen molar-refractivity contribution in [3.8, 4) is 0 Å². The van der Waals surface area contributed by atoms with Gasteiger partial charge in [-0.2, -0.15) is 0 Å². The number of esters is 2. The average Bonchev–Trinajstić information content (AvgIpc) is 3.27. The van der Waals surface area contributed by atoms with Crippen molar-refractivity contribution < 1.29 is 104 Å². The van der Waals surface area contributed by atoms with Crippen LogP contribution < -0.4 is 0 Å². The number of phosphoric ester groups is 4.